The number of amides is 1. The summed E-state index contributed by atoms with van der Waals surface area (Å²) in [7, 11) is 0. The first-order valence-corrected chi connectivity index (χ1v) is 5.87. The number of carbonyl (C=O) groups is 1. The van der Waals surface area contributed by atoms with Crippen molar-refractivity contribution in [2.24, 2.45) is 0 Å². The van der Waals surface area contributed by atoms with Gasteiger partial charge in [0, 0.05) is 12.6 Å². The molecular formula is C13H16F3NO2. The van der Waals surface area contributed by atoms with Crippen molar-refractivity contribution in [3.63, 3.8) is 0 Å². The van der Waals surface area contributed by atoms with Gasteiger partial charge in [0.15, 0.2) is 0 Å². The highest BCUT2D eigenvalue weighted by Gasteiger charge is 2.36. The molecule has 0 aromatic heterocycles. The lowest BCUT2D eigenvalue weighted by Crippen LogP contribution is -2.39. The third-order valence-corrected chi connectivity index (χ3v) is 2.69. The molecule has 0 fully saturated rings. The predicted molar refractivity (Wildman–Crippen MR) is 64.7 cm³/mol. The molecule has 1 rings (SSSR count). The monoisotopic (exact) mass is 275 g/mol. The number of hydrogen-bond acceptors (Lipinski definition) is 2. The Morgan fingerprint density at radius 1 is 1.32 bits per heavy atom. The van der Waals surface area contributed by atoms with Gasteiger partial charge in [-0.2, -0.15) is 13.2 Å². The maximum atomic E-state index is 12.8. The van der Waals surface area contributed by atoms with E-state index in [1.807, 2.05) is 0 Å². The number of benzene rings is 1. The number of hydrogen-bond donors (Lipinski definition) is 1. The Labute approximate surface area is 109 Å². The van der Waals surface area contributed by atoms with Gasteiger partial charge >= 0.3 is 6.18 Å². The average molecular weight is 275 g/mol. The Bertz CT molecular complexity index is 444. The highest BCUT2D eigenvalue weighted by atomic mass is 19.4. The second-order valence-electron chi connectivity index (χ2n) is 4.36. The number of aliphatic hydroxyl groups is 1. The zero-order valence-corrected chi connectivity index (χ0v) is 10.7. The Hall–Kier alpha value is -1.56. The van der Waals surface area contributed by atoms with Crippen molar-refractivity contribution in [2.45, 2.75) is 26.1 Å². The fraction of sp³-hybridized carbons (Fsp3) is 0.462. The maximum Gasteiger partial charge on any atom is 0.417 e. The molecule has 1 aromatic rings. The van der Waals surface area contributed by atoms with Crippen LogP contribution in [-0.2, 0) is 6.18 Å². The van der Waals surface area contributed by atoms with Gasteiger partial charge in [-0.1, -0.05) is 12.1 Å². The zero-order valence-electron chi connectivity index (χ0n) is 10.7. The summed E-state index contributed by atoms with van der Waals surface area (Å²) < 4.78 is 38.5. The first kappa shape index (κ1) is 15.5. The van der Waals surface area contributed by atoms with E-state index in [0.29, 0.717) is 0 Å². The highest BCUT2D eigenvalue weighted by Crippen LogP contribution is 2.32. The molecule has 0 unspecified atom stereocenters. The van der Waals surface area contributed by atoms with Gasteiger partial charge in [0.2, 0.25) is 0 Å². The molecule has 1 amide bonds. The molecule has 0 spiro atoms. The number of alkyl halides is 3. The molecule has 0 atom stereocenters. The van der Waals surface area contributed by atoms with Gasteiger partial charge in [-0.3, -0.25) is 4.79 Å². The SMILES string of the molecule is CC(C)N(CCO)C(=O)c1ccccc1C(F)(F)F. The molecule has 1 aromatic carbocycles. The molecule has 6 heteroatoms. The number of aliphatic hydroxyl groups excluding tert-OH is 1. The van der Waals surface area contributed by atoms with Gasteiger partial charge in [0.25, 0.3) is 5.91 Å². The molecule has 0 saturated carbocycles. The number of rotatable bonds is 4. The summed E-state index contributed by atoms with van der Waals surface area (Å²) >= 11 is 0. The van der Waals surface area contributed by atoms with Crippen LogP contribution in [-0.4, -0.2) is 35.1 Å². The molecule has 0 heterocycles. The van der Waals surface area contributed by atoms with Gasteiger partial charge in [-0.15, -0.1) is 0 Å². The van der Waals surface area contributed by atoms with Gasteiger partial charge < -0.3 is 10.0 Å². The summed E-state index contributed by atoms with van der Waals surface area (Å²) in [4.78, 5) is 13.4. The lowest BCUT2D eigenvalue weighted by Gasteiger charge is -2.27. The average Bonchev–Trinajstić information content (AvgIpc) is 2.33. The molecule has 0 saturated heterocycles. The van der Waals surface area contributed by atoms with E-state index in [-0.39, 0.29) is 19.2 Å². The minimum atomic E-state index is -4.58. The van der Waals surface area contributed by atoms with Crippen molar-refractivity contribution in [1.82, 2.24) is 4.90 Å². The fourth-order valence-corrected chi connectivity index (χ4v) is 1.77. The zero-order chi connectivity index (χ0) is 14.6. The van der Waals surface area contributed by atoms with Crippen LogP contribution in [0.2, 0.25) is 0 Å². The summed E-state index contributed by atoms with van der Waals surface area (Å²) in [6.45, 7) is 3.08. The molecular weight excluding hydrogens is 259 g/mol. The standard InChI is InChI=1S/C13H16F3NO2/c1-9(2)17(7-8-18)12(19)10-5-3-4-6-11(10)13(14,15)16/h3-6,9,18H,7-8H2,1-2H3. The van der Waals surface area contributed by atoms with Crippen LogP contribution in [0.5, 0.6) is 0 Å². The maximum absolute atomic E-state index is 12.8. The molecule has 106 valence electrons. The van der Waals surface area contributed by atoms with E-state index in [1.54, 1.807) is 13.8 Å². The van der Waals surface area contributed by atoms with Gasteiger partial charge in [0.1, 0.15) is 0 Å². The van der Waals surface area contributed by atoms with Crippen LogP contribution in [0.4, 0.5) is 13.2 Å². The Kier molecular flexibility index (Phi) is 4.94. The van der Waals surface area contributed by atoms with Crippen molar-refractivity contribution >= 4 is 5.91 Å². The molecule has 0 aliphatic carbocycles. The van der Waals surface area contributed by atoms with Crippen molar-refractivity contribution in [3.8, 4) is 0 Å². The number of halogens is 3. The first-order chi connectivity index (χ1) is 8.79. The van der Waals surface area contributed by atoms with Crippen molar-refractivity contribution in [2.75, 3.05) is 13.2 Å². The molecule has 19 heavy (non-hydrogen) atoms. The number of carbonyl (C=O) groups excluding carboxylic acids is 1. The van der Waals surface area contributed by atoms with Gasteiger partial charge in [0.05, 0.1) is 17.7 Å². The van der Waals surface area contributed by atoms with Crippen molar-refractivity contribution in [1.29, 1.82) is 0 Å². The summed E-state index contributed by atoms with van der Waals surface area (Å²) in [5.74, 6) is -0.725. The second-order valence-corrected chi connectivity index (χ2v) is 4.36. The van der Waals surface area contributed by atoms with Crippen molar-refractivity contribution < 1.29 is 23.1 Å². The molecule has 3 nitrogen and oxygen atoms in total. The minimum Gasteiger partial charge on any atom is -0.395 e. The molecule has 0 aliphatic rings. The second kappa shape index (κ2) is 6.06. The molecule has 0 bridgehead atoms. The van der Waals surface area contributed by atoms with E-state index >= 15 is 0 Å². The quantitative estimate of drug-likeness (QED) is 0.917. The summed E-state index contributed by atoms with van der Waals surface area (Å²) in [5.41, 5.74) is -1.35. The topological polar surface area (TPSA) is 40.5 Å². The lowest BCUT2D eigenvalue weighted by atomic mass is 10.1. The summed E-state index contributed by atoms with van der Waals surface area (Å²) in [5, 5.41) is 8.89. The first-order valence-electron chi connectivity index (χ1n) is 5.87. The van der Waals surface area contributed by atoms with Crippen LogP contribution in [0.3, 0.4) is 0 Å². The third-order valence-electron chi connectivity index (χ3n) is 2.69. The smallest absolute Gasteiger partial charge is 0.395 e. The Balaban J connectivity index is 3.18. The Morgan fingerprint density at radius 3 is 2.37 bits per heavy atom. The van der Waals surface area contributed by atoms with E-state index in [2.05, 4.69) is 0 Å². The van der Waals surface area contributed by atoms with E-state index in [1.165, 1.54) is 17.0 Å². The highest BCUT2D eigenvalue weighted by molar-refractivity contribution is 5.96. The van der Waals surface area contributed by atoms with Crippen LogP contribution in [0.1, 0.15) is 29.8 Å². The van der Waals surface area contributed by atoms with Crippen LogP contribution in [0, 0.1) is 0 Å². The molecule has 0 aliphatic heterocycles. The van der Waals surface area contributed by atoms with Crippen LogP contribution in [0.25, 0.3) is 0 Å². The Morgan fingerprint density at radius 2 is 1.89 bits per heavy atom. The fourth-order valence-electron chi connectivity index (χ4n) is 1.77. The summed E-state index contributed by atoms with van der Waals surface area (Å²) in [6, 6.07) is 4.37. The lowest BCUT2D eigenvalue weighted by molar-refractivity contribution is -0.138. The van der Waals surface area contributed by atoms with Crippen molar-refractivity contribution in [3.05, 3.63) is 35.4 Å². The molecule has 1 N–H and O–H groups in total. The van der Waals surface area contributed by atoms with Gasteiger partial charge in [-0.05, 0) is 26.0 Å². The van der Waals surface area contributed by atoms with E-state index in [9.17, 15) is 18.0 Å². The normalized spacial score (nSPS) is 11.7. The van der Waals surface area contributed by atoms with E-state index in [4.69, 9.17) is 5.11 Å². The van der Waals surface area contributed by atoms with Crippen LogP contribution in [0.15, 0.2) is 24.3 Å². The molecule has 0 radical (unpaired) electrons. The summed E-state index contributed by atoms with van der Waals surface area (Å²) in [6.07, 6.45) is -4.58. The largest absolute Gasteiger partial charge is 0.417 e. The predicted octanol–water partition coefficient (Wildman–Crippen LogP) is 2.55. The third kappa shape index (κ3) is 3.70. The minimum absolute atomic E-state index is 0.00267. The van der Waals surface area contributed by atoms with E-state index in [0.717, 1.165) is 12.1 Å². The van der Waals surface area contributed by atoms with Crippen LogP contribution < -0.4 is 0 Å². The number of nitrogens with zero attached hydrogens (tertiary/aromatic N) is 1. The van der Waals surface area contributed by atoms with Crippen LogP contribution >= 0.6 is 0 Å². The van der Waals surface area contributed by atoms with E-state index < -0.39 is 23.2 Å². The van der Waals surface area contributed by atoms with Gasteiger partial charge in [-0.25, -0.2) is 0 Å².